The van der Waals surface area contributed by atoms with Crippen LogP contribution < -0.4 is 0 Å². The minimum Gasteiger partial charge on any atom is -0.463 e. The second-order valence-corrected chi connectivity index (χ2v) is 15.0. The lowest BCUT2D eigenvalue weighted by molar-refractivity contribution is -0.146. The van der Waals surface area contributed by atoms with Crippen molar-refractivity contribution in [3.63, 3.8) is 0 Å². The van der Waals surface area contributed by atoms with Gasteiger partial charge in [-0.15, -0.1) is 0 Å². The highest BCUT2D eigenvalue weighted by atomic mass is 16.6. The molecule has 6 heteroatoms. The second-order valence-electron chi connectivity index (χ2n) is 15.0. The lowest BCUT2D eigenvalue weighted by atomic mass is 10.0. The Hall–Kier alpha value is -1.14. The van der Waals surface area contributed by atoms with Crippen LogP contribution in [0.1, 0.15) is 246 Å². The van der Waals surface area contributed by atoms with Gasteiger partial charge >= 0.3 is 11.9 Å². The van der Waals surface area contributed by atoms with E-state index >= 15 is 0 Å². The summed E-state index contributed by atoms with van der Waals surface area (Å²) in [5, 5.41) is 0. The molecule has 0 bridgehead atoms. The van der Waals surface area contributed by atoms with Gasteiger partial charge in [-0.1, -0.05) is 207 Å². The summed E-state index contributed by atoms with van der Waals surface area (Å²) in [4.78, 5) is 23.1. The Morgan fingerprint density at radius 2 is 0.558 bits per heavy atom. The topological polar surface area (TPSA) is 71.1 Å². The van der Waals surface area contributed by atoms with Gasteiger partial charge in [0.1, 0.15) is 13.2 Å². The Balaban J connectivity index is 0. The minimum atomic E-state index is -0.0746. The van der Waals surface area contributed by atoms with E-state index in [9.17, 15) is 9.59 Å². The largest absolute Gasteiger partial charge is 0.463 e. The molecule has 0 spiro atoms. The Morgan fingerprint density at radius 1 is 0.288 bits per heavy atom. The van der Waals surface area contributed by atoms with Crippen LogP contribution in [0, 0.1) is 0 Å². The Morgan fingerprint density at radius 3 is 0.846 bits per heavy atom. The third-order valence-electron chi connectivity index (χ3n) is 9.80. The summed E-state index contributed by atoms with van der Waals surface area (Å²) in [6, 6.07) is 0. The van der Waals surface area contributed by atoms with E-state index in [1.54, 1.807) is 0 Å². The van der Waals surface area contributed by atoms with Gasteiger partial charge in [-0.2, -0.15) is 0 Å². The van der Waals surface area contributed by atoms with E-state index in [-0.39, 0.29) is 11.9 Å². The fraction of sp³-hybridized carbons (Fsp3) is 0.957. The zero-order valence-corrected chi connectivity index (χ0v) is 35.7. The zero-order chi connectivity index (χ0) is 38.3. The molecule has 0 atom stereocenters. The molecule has 0 rings (SSSR count). The smallest absolute Gasteiger partial charge is 0.305 e. The average molecular weight is 741 g/mol. The molecule has 0 aromatic rings. The molecule has 0 saturated carbocycles. The van der Waals surface area contributed by atoms with Gasteiger partial charge in [-0.05, 0) is 26.2 Å². The number of unbranched alkanes of at least 4 members (excludes halogenated alkanes) is 29. The summed E-state index contributed by atoms with van der Waals surface area (Å²) in [5.74, 6) is -0.141. The van der Waals surface area contributed by atoms with Crippen LogP contribution in [0.25, 0.3) is 0 Å². The molecule has 0 unspecified atom stereocenters. The fourth-order valence-electron chi connectivity index (χ4n) is 6.35. The average Bonchev–Trinajstić information content (AvgIpc) is 3.15. The molecule has 0 aliphatic heterocycles. The maximum Gasteiger partial charge on any atom is 0.305 e. The van der Waals surface area contributed by atoms with Crippen molar-refractivity contribution in [3.05, 3.63) is 0 Å². The molecule has 0 saturated heterocycles. The molecule has 0 aromatic heterocycles. The highest BCUT2D eigenvalue weighted by Gasteiger charge is 2.04. The van der Waals surface area contributed by atoms with Gasteiger partial charge in [-0.25, -0.2) is 0 Å². The predicted octanol–water partition coefficient (Wildman–Crippen LogP) is 14.4. The van der Waals surface area contributed by atoms with Crippen molar-refractivity contribution in [1.82, 2.24) is 0 Å². The van der Waals surface area contributed by atoms with E-state index in [2.05, 4.69) is 20.8 Å². The lowest BCUT2D eigenvalue weighted by Crippen LogP contribution is -2.10. The number of carbonyl (C=O) groups is 2. The van der Waals surface area contributed by atoms with Crippen LogP contribution in [-0.4, -0.2) is 51.6 Å². The van der Waals surface area contributed by atoms with Gasteiger partial charge in [0.2, 0.25) is 0 Å². The van der Waals surface area contributed by atoms with Crippen molar-refractivity contribution >= 4 is 11.9 Å². The van der Waals surface area contributed by atoms with Crippen molar-refractivity contribution in [3.8, 4) is 0 Å². The normalized spacial score (nSPS) is 11.0. The number of ether oxygens (including phenoxy) is 4. The first kappa shape index (κ1) is 53.0. The molecule has 0 aliphatic carbocycles. The van der Waals surface area contributed by atoms with Gasteiger partial charge < -0.3 is 18.9 Å². The first-order valence-corrected chi connectivity index (χ1v) is 23.1. The molecule has 0 aliphatic rings. The van der Waals surface area contributed by atoms with Crippen LogP contribution in [0.5, 0.6) is 0 Å². The molecule has 0 amide bonds. The van der Waals surface area contributed by atoms with E-state index < -0.39 is 0 Å². The van der Waals surface area contributed by atoms with Crippen LogP contribution in [0.4, 0.5) is 0 Å². The van der Waals surface area contributed by atoms with E-state index in [1.165, 1.54) is 167 Å². The number of rotatable bonds is 42. The molecule has 0 radical (unpaired) electrons. The highest BCUT2D eigenvalue weighted by molar-refractivity contribution is 5.69. The molecule has 6 nitrogen and oxygen atoms in total. The summed E-state index contributed by atoms with van der Waals surface area (Å²) in [6.07, 6.45) is 43.7. The molecule has 312 valence electrons. The van der Waals surface area contributed by atoms with E-state index in [0.717, 1.165) is 45.1 Å². The fourth-order valence-corrected chi connectivity index (χ4v) is 6.35. The quantitative estimate of drug-likeness (QED) is 0.0458. The maximum absolute atomic E-state index is 11.6. The minimum absolute atomic E-state index is 0.0659. The molecule has 52 heavy (non-hydrogen) atoms. The lowest BCUT2D eigenvalue weighted by Gasteiger charge is -2.06. The standard InChI is InChI=1S/C24H48O3.C22H44O3/c1-3-5-7-8-9-10-11-12-13-14-15-16-17-18-19-20-24(25)27-23-22-26-21-6-4-2;1-3-5-6-7-8-9-10-11-12-13-14-15-16-17-18-19-22(23)25-21-20-24-4-2/h3-23H2,1-2H3;3-21H2,1-2H3. The first-order chi connectivity index (χ1) is 25.6. The van der Waals surface area contributed by atoms with E-state index in [4.69, 9.17) is 18.9 Å². The van der Waals surface area contributed by atoms with Gasteiger partial charge in [0, 0.05) is 26.1 Å². The monoisotopic (exact) mass is 741 g/mol. The summed E-state index contributed by atoms with van der Waals surface area (Å²) >= 11 is 0. The van der Waals surface area contributed by atoms with Crippen molar-refractivity contribution in [1.29, 1.82) is 0 Å². The SMILES string of the molecule is CCCCCCCCCCCCCCCCCC(=O)OCCOCC.CCCCCCCCCCCCCCCCCC(=O)OCCOCCCC. The van der Waals surface area contributed by atoms with Gasteiger partial charge in [0.15, 0.2) is 0 Å². The molecule has 0 aromatic carbocycles. The molecular formula is C46H92O6. The van der Waals surface area contributed by atoms with Crippen molar-refractivity contribution in [2.24, 2.45) is 0 Å². The maximum atomic E-state index is 11.6. The number of hydrogen-bond donors (Lipinski definition) is 0. The van der Waals surface area contributed by atoms with Crippen LogP contribution in [0.2, 0.25) is 0 Å². The third kappa shape index (κ3) is 51.0. The Kier molecular flexibility index (Phi) is 50.8. The van der Waals surface area contributed by atoms with E-state index in [1.807, 2.05) is 6.92 Å². The number of esters is 2. The molecular weight excluding hydrogens is 649 g/mol. The van der Waals surface area contributed by atoms with Crippen molar-refractivity contribution in [2.45, 2.75) is 246 Å². The molecule has 0 fully saturated rings. The number of hydrogen-bond acceptors (Lipinski definition) is 6. The van der Waals surface area contributed by atoms with Crippen LogP contribution in [-0.2, 0) is 28.5 Å². The van der Waals surface area contributed by atoms with Crippen LogP contribution in [0.3, 0.4) is 0 Å². The van der Waals surface area contributed by atoms with Gasteiger partial charge in [0.05, 0.1) is 13.2 Å². The summed E-state index contributed by atoms with van der Waals surface area (Å²) in [5.41, 5.74) is 0. The summed E-state index contributed by atoms with van der Waals surface area (Å²) in [7, 11) is 0. The van der Waals surface area contributed by atoms with E-state index in [0.29, 0.717) is 45.9 Å². The summed E-state index contributed by atoms with van der Waals surface area (Å²) < 4.78 is 20.8. The van der Waals surface area contributed by atoms with Gasteiger partial charge in [-0.3, -0.25) is 9.59 Å². The Bertz CT molecular complexity index is 669. The second kappa shape index (κ2) is 49.9. The Labute approximate surface area is 325 Å². The van der Waals surface area contributed by atoms with Crippen molar-refractivity contribution < 1.29 is 28.5 Å². The highest BCUT2D eigenvalue weighted by Crippen LogP contribution is 2.15. The molecule has 0 N–H and O–H groups in total. The first-order valence-electron chi connectivity index (χ1n) is 23.1. The summed E-state index contributed by atoms with van der Waals surface area (Å²) in [6.45, 7) is 11.9. The van der Waals surface area contributed by atoms with Crippen molar-refractivity contribution in [2.75, 3.05) is 39.6 Å². The zero-order valence-electron chi connectivity index (χ0n) is 35.7. The van der Waals surface area contributed by atoms with Gasteiger partial charge in [0.25, 0.3) is 0 Å². The number of carbonyl (C=O) groups excluding carboxylic acids is 2. The van der Waals surface area contributed by atoms with Crippen LogP contribution in [0.15, 0.2) is 0 Å². The molecule has 0 heterocycles. The van der Waals surface area contributed by atoms with Crippen LogP contribution >= 0.6 is 0 Å². The third-order valence-corrected chi connectivity index (χ3v) is 9.80. The predicted molar refractivity (Wildman–Crippen MR) is 223 cm³/mol.